The van der Waals surface area contributed by atoms with Gasteiger partial charge in [0.2, 0.25) is 0 Å². The van der Waals surface area contributed by atoms with Crippen LogP contribution in [0.15, 0.2) is 34.7 Å². The molecule has 0 saturated carbocycles. The van der Waals surface area contributed by atoms with Gasteiger partial charge in [-0.2, -0.15) is 0 Å². The minimum absolute atomic E-state index is 0.102. The Hall–Kier alpha value is -2.01. The van der Waals surface area contributed by atoms with Crippen LogP contribution in [0.5, 0.6) is 0 Å². The SMILES string of the molecule is Cc1ccc(CN(C)CC(=O)c2ccc(F)c(F)c2)o1. The molecule has 1 heterocycles. The highest BCUT2D eigenvalue weighted by Crippen LogP contribution is 2.12. The summed E-state index contributed by atoms with van der Waals surface area (Å²) in [6, 6.07) is 6.85. The maximum Gasteiger partial charge on any atom is 0.176 e. The number of ketones is 1. The predicted octanol–water partition coefficient (Wildman–Crippen LogP) is 3.18. The molecule has 0 fully saturated rings. The van der Waals surface area contributed by atoms with Crippen molar-refractivity contribution in [1.82, 2.24) is 4.90 Å². The first-order valence-electron chi connectivity index (χ1n) is 6.18. The zero-order valence-electron chi connectivity index (χ0n) is 11.3. The third-order valence-electron chi connectivity index (χ3n) is 2.88. The van der Waals surface area contributed by atoms with Gasteiger partial charge in [-0.25, -0.2) is 8.78 Å². The van der Waals surface area contributed by atoms with Gasteiger partial charge in [-0.15, -0.1) is 0 Å². The molecule has 0 radical (unpaired) electrons. The Bertz CT molecular complexity index is 622. The van der Waals surface area contributed by atoms with E-state index in [-0.39, 0.29) is 17.9 Å². The number of carbonyl (C=O) groups excluding carboxylic acids is 1. The standard InChI is InChI=1S/C15H15F2NO2/c1-10-3-5-12(20-10)8-18(2)9-15(19)11-4-6-13(16)14(17)7-11/h3-7H,8-9H2,1-2H3. The molecule has 0 unspecified atom stereocenters. The van der Waals surface area contributed by atoms with Crippen molar-refractivity contribution in [2.45, 2.75) is 13.5 Å². The first kappa shape index (κ1) is 14.4. The van der Waals surface area contributed by atoms with Crippen LogP contribution >= 0.6 is 0 Å². The van der Waals surface area contributed by atoms with E-state index in [1.54, 1.807) is 11.9 Å². The van der Waals surface area contributed by atoms with Gasteiger partial charge in [0.15, 0.2) is 17.4 Å². The molecule has 0 aliphatic rings. The third-order valence-corrected chi connectivity index (χ3v) is 2.88. The second-order valence-electron chi connectivity index (χ2n) is 4.74. The second-order valence-corrected chi connectivity index (χ2v) is 4.74. The smallest absolute Gasteiger partial charge is 0.176 e. The third kappa shape index (κ3) is 3.51. The summed E-state index contributed by atoms with van der Waals surface area (Å²) < 4.78 is 31.3. The Morgan fingerprint density at radius 2 is 1.95 bits per heavy atom. The summed E-state index contributed by atoms with van der Waals surface area (Å²) in [5.41, 5.74) is 0.159. The van der Waals surface area contributed by atoms with E-state index >= 15 is 0 Å². The van der Waals surface area contributed by atoms with Gasteiger partial charge in [0, 0.05) is 5.56 Å². The van der Waals surface area contributed by atoms with Crippen LogP contribution in [0.4, 0.5) is 8.78 Å². The Kier molecular flexibility index (Phi) is 4.29. The van der Waals surface area contributed by atoms with Gasteiger partial charge in [0.25, 0.3) is 0 Å². The van der Waals surface area contributed by atoms with Gasteiger partial charge in [0.05, 0.1) is 13.1 Å². The van der Waals surface area contributed by atoms with Crippen molar-refractivity contribution in [1.29, 1.82) is 0 Å². The molecule has 0 saturated heterocycles. The van der Waals surface area contributed by atoms with E-state index in [1.807, 2.05) is 19.1 Å². The highest BCUT2D eigenvalue weighted by atomic mass is 19.2. The number of hydrogen-bond acceptors (Lipinski definition) is 3. The molecule has 20 heavy (non-hydrogen) atoms. The van der Waals surface area contributed by atoms with Crippen LogP contribution in [0.25, 0.3) is 0 Å². The minimum atomic E-state index is -1.01. The van der Waals surface area contributed by atoms with E-state index in [1.165, 1.54) is 6.07 Å². The van der Waals surface area contributed by atoms with Crippen molar-refractivity contribution in [3.8, 4) is 0 Å². The van der Waals surface area contributed by atoms with Crippen molar-refractivity contribution in [3.63, 3.8) is 0 Å². The predicted molar refractivity (Wildman–Crippen MR) is 70.5 cm³/mol. The van der Waals surface area contributed by atoms with Crippen LogP contribution in [0, 0.1) is 18.6 Å². The first-order valence-corrected chi connectivity index (χ1v) is 6.18. The lowest BCUT2D eigenvalue weighted by Gasteiger charge is -2.14. The van der Waals surface area contributed by atoms with Gasteiger partial charge in [-0.05, 0) is 44.3 Å². The summed E-state index contributed by atoms with van der Waals surface area (Å²) in [6.07, 6.45) is 0. The van der Waals surface area contributed by atoms with Crippen LogP contribution in [0.2, 0.25) is 0 Å². The quantitative estimate of drug-likeness (QED) is 0.788. The highest BCUT2D eigenvalue weighted by Gasteiger charge is 2.13. The van der Waals surface area contributed by atoms with Crippen LogP contribution in [-0.2, 0) is 6.54 Å². The maximum atomic E-state index is 13.1. The Morgan fingerprint density at radius 1 is 1.20 bits per heavy atom. The monoisotopic (exact) mass is 279 g/mol. The molecule has 0 spiro atoms. The van der Waals surface area contributed by atoms with Gasteiger partial charge in [-0.3, -0.25) is 9.69 Å². The highest BCUT2D eigenvalue weighted by molar-refractivity contribution is 5.97. The normalized spacial score (nSPS) is 11.1. The number of Topliss-reactive ketones (excluding diaryl/α,β-unsaturated/α-hetero) is 1. The summed E-state index contributed by atoms with van der Waals surface area (Å²) in [6.45, 7) is 2.42. The largest absolute Gasteiger partial charge is 0.465 e. The summed E-state index contributed by atoms with van der Waals surface area (Å²) in [5, 5.41) is 0. The fourth-order valence-electron chi connectivity index (χ4n) is 1.90. The summed E-state index contributed by atoms with van der Waals surface area (Å²) in [4.78, 5) is 13.7. The van der Waals surface area contributed by atoms with E-state index in [0.29, 0.717) is 6.54 Å². The number of nitrogens with zero attached hydrogens (tertiary/aromatic N) is 1. The van der Waals surface area contributed by atoms with Crippen molar-refractivity contribution < 1.29 is 18.0 Å². The number of likely N-dealkylation sites (N-methyl/N-ethyl adjacent to an activating group) is 1. The molecule has 0 aliphatic heterocycles. The van der Waals surface area contributed by atoms with Gasteiger partial charge < -0.3 is 4.42 Å². The second kappa shape index (κ2) is 5.96. The lowest BCUT2D eigenvalue weighted by molar-refractivity contribution is 0.0939. The zero-order valence-corrected chi connectivity index (χ0v) is 11.3. The van der Waals surface area contributed by atoms with Crippen LogP contribution in [0.1, 0.15) is 21.9 Å². The van der Waals surface area contributed by atoms with E-state index in [2.05, 4.69) is 0 Å². The molecular weight excluding hydrogens is 264 g/mol. The molecule has 0 atom stereocenters. The van der Waals surface area contributed by atoms with Gasteiger partial charge in [-0.1, -0.05) is 0 Å². The number of furan rings is 1. The van der Waals surface area contributed by atoms with Crippen molar-refractivity contribution >= 4 is 5.78 Å². The molecule has 0 amide bonds. The molecule has 5 heteroatoms. The molecule has 106 valence electrons. The Balaban J connectivity index is 1.98. The number of benzene rings is 1. The number of aryl methyl sites for hydroxylation is 1. The van der Waals surface area contributed by atoms with Crippen LogP contribution < -0.4 is 0 Å². The van der Waals surface area contributed by atoms with E-state index in [9.17, 15) is 13.6 Å². The van der Waals surface area contributed by atoms with Gasteiger partial charge >= 0.3 is 0 Å². The number of rotatable bonds is 5. The maximum absolute atomic E-state index is 13.1. The van der Waals surface area contributed by atoms with E-state index in [4.69, 9.17) is 4.42 Å². The molecule has 0 aliphatic carbocycles. The van der Waals surface area contributed by atoms with Crippen LogP contribution in [0.3, 0.4) is 0 Å². The lowest BCUT2D eigenvalue weighted by Crippen LogP contribution is -2.25. The van der Waals surface area contributed by atoms with Crippen molar-refractivity contribution in [2.24, 2.45) is 0 Å². The fraction of sp³-hybridized carbons (Fsp3) is 0.267. The molecular formula is C15H15F2NO2. The molecule has 2 aromatic rings. The van der Waals surface area contributed by atoms with E-state index < -0.39 is 11.6 Å². The topological polar surface area (TPSA) is 33.5 Å². The van der Waals surface area contributed by atoms with E-state index in [0.717, 1.165) is 23.7 Å². The number of carbonyl (C=O) groups is 1. The van der Waals surface area contributed by atoms with Gasteiger partial charge in [0.1, 0.15) is 11.5 Å². The summed E-state index contributed by atoms with van der Waals surface area (Å²) in [7, 11) is 1.76. The van der Waals surface area contributed by atoms with Crippen molar-refractivity contribution in [3.05, 3.63) is 59.1 Å². The lowest BCUT2D eigenvalue weighted by atomic mass is 10.1. The summed E-state index contributed by atoms with van der Waals surface area (Å²) in [5.74, 6) is -0.681. The molecule has 1 aromatic carbocycles. The molecule has 0 bridgehead atoms. The average molecular weight is 279 g/mol. The summed E-state index contributed by atoms with van der Waals surface area (Å²) >= 11 is 0. The molecule has 2 rings (SSSR count). The number of hydrogen-bond donors (Lipinski definition) is 0. The zero-order chi connectivity index (χ0) is 14.7. The van der Waals surface area contributed by atoms with Crippen molar-refractivity contribution in [2.75, 3.05) is 13.6 Å². The minimum Gasteiger partial charge on any atom is -0.465 e. The Morgan fingerprint density at radius 3 is 2.55 bits per heavy atom. The first-order chi connectivity index (χ1) is 9.45. The van der Waals surface area contributed by atoms with Crippen LogP contribution in [-0.4, -0.2) is 24.3 Å². The Labute approximate surface area is 115 Å². The number of halogens is 2. The molecule has 3 nitrogen and oxygen atoms in total. The average Bonchev–Trinajstić information content (AvgIpc) is 2.77. The fourth-order valence-corrected chi connectivity index (χ4v) is 1.90. The molecule has 0 N–H and O–H groups in total. The molecule has 1 aromatic heterocycles.